The van der Waals surface area contributed by atoms with Gasteiger partial charge in [-0.1, -0.05) is 17.3 Å². The zero-order valence-corrected chi connectivity index (χ0v) is 17.1. The number of hydrogen-bond donors (Lipinski definition) is 1. The molecule has 0 aliphatic rings. The van der Waals surface area contributed by atoms with Crippen molar-refractivity contribution < 1.29 is 19.0 Å². The molecule has 0 radical (unpaired) electrons. The van der Waals surface area contributed by atoms with Crippen LogP contribution in [0.2, 0.25) is 0 Å². The third-order valence-electron chi connectivity index (χ3n) is 4.07. The Balaban J connectivity index is 0.000000478. The van der Waals surface area contributed by atoms with Crippen molar-refractivity contribution in [2.45, 2.75) is 6.54 Å². The highest BCUT2D eigenvalue weighted by atomic mass is 16.5. The van der Waals surface area contributed by atoms with Gasteiger partial charge in [-0.05, 0) is 41.1 Å². The molecule has 2 aromatic carbocycles. The van der Waals surface area contributed by atoms with Crippen molar-refractivity contribution in [1.82, 2.24) is 40.8 Å². The Bertz CT molecular complexity index is 1080. The first kappa shape index (κ1) is 21.4. The first-order valence-corrected chi connectivity index (χ1v) is 8.98. The monoisotopic (exact) mass is 424 g/mol. The van der Waals surface area contributed by atoms with Crippen LogP contribution in [-0.2, 0) is 11.3 Å². The van der Waals surface area contributed by atoms with E-state index in [2.05, 4.69) is 36.0 Å². The lowest BCUT2D eigenvalue weighted by atomic mass is 10.1. The number of nitrogens with zero attached hydrogens (tertiary/aromatic N) is 7. The molecule has 0 saturated heterocycles. The number of tetrazole rings is 2. The SMILES string of the molecule is COC(=O)c1cc(-c2nnn(Cc3ccc(OC)cc3)n2)ccc1OC.c1nn[nH]n1. The van der Waals surface area contributed by atoms with E-state index in [4.69, 9.17) is 14.2 Å². The van der Waals surface area contributed by atoms with Crippen LogP contribution in [0.25, 0.3) is 11.4 Å². The summed E-state index contributed by atoms with van der Waals surface area (Å²) in [4.78, 5) is 13.4. The van der Waals surface area contributed by atoms with E-state index in [1.807, 2.05) is 24.3 Å². The van der Waals surface area contributed by atoms with Crippen LogP contribution in [0.3, 0.4) is 0 Å². The van der Waals surface area contributed by atoms with Crippen molar-refractivity contribution in [2.75, 3.05) is 21.3 Å². The van der Waals surface area contributed by atoms with Crippen LogP contribution in [0.5, 0.6) is 11.5 Å². The molecule has 2 aromatic heterocycles. The summed E-state index contributed by atoms with van der Waals surface area (Å²) in [6.07, 6.45) is 1.33. The number of aromatic amines is 1. The molecule has 0 spiro atoms. The lowest BCUT2D eigenvalue weighted by Gasteiger charge is -2.07. The maximum Gasteiger partial charge on any atom is 0.341 e. The van der Waals surface area contributed by atoms with Gasteiger partial charge in [0.15, 0.2) is 6.33 Å². The summed E-state index contributed by atoms with van der Waals surface area (Å²) in [5, 5.41) is 24.7. The number of nitrogens with one attached hydrogen (secondary N) is 1. The van der Waals surface area contributed by atoms with Gasteiger partial charge >= 0.3 is 5.97 Å². The van der Waals surface area contributed by atoms with Crippen molar-refractivity contribution in [3.05, 3.63) is 59.9 Å². The summed E-state index contributed by atoms with van der Waals surface area (Å²) in [7, 11) is 4.43. The Hall–Kier alpha value is -4.35. The number of esters is 1. The number of aromatic nitrogens is 8. The molecule has 0 saturated carbocycles. The summed E-state index contributed by atoms with van der Waals surface area (Å²) in [5.41, 5.74) is 1.96. The molecule has 4 aromatic rings. The molecular weight excluding hydrogens is 404 g/mol. The summed E-state index contributed by atoms with van der Waals surface area (Å²) < 4.78 is 15.1. The largest absolute Gasteiger partial charge is 0.497 e. The number of carbonyl (C=O) groups is 1. The van der Waals surface area contributed by atoms with E-state index in [-0.39, 0.29) is 0 Å². The summed E-state index contributed by atoms with van der Waals surface area (Å²) >= 11 is 0. The number of H-pyrrole nitrogens is 1. The molecule has 0 atom stereocenters. The normalized spacial score (nSPS) is 10.0. The molecule has 12 heteroatoms. The molecule has 4 rings (SSSR count). The zero-order chi connectivity index (χ0) is 22.1. The molecule has 0 fully saturated rings. The van der Waals surface area contributed by atoms with Gasteiger partial charge in [-0.15, -0.1) is 20.4 Å². The number of rotatable bonds is 6. The molecular formula is C19H20N8O4. The van der Waals surface area contributed by atoms with Gasteiger partial charge in [-0.25, -0.2) is 4.79 Å². The lowest BCUT2D eigenvalue weighted by molar-refractivity contribution is 0.0597. The van der Waals surface area contributed by atoms with E-state index in [0.717, 1.165) is 11.3 Å². The molecule has 2 heterocycles. The average Bonchev–Trinajstić information content (AvgIpc) is 3.54. The minimum atomic E-state index is -0.491. The second kappa shape index (κ2) is 10.4. The van der Waals surface area contributed by atoms with Gasteiger partial charge in [0, 0.05) is 5.56 Å². The number of carbonyl (C=O) groups excluding carboxylic acids is 1. The van der Waals surface area contributed by atoms with Gasteiger partial charge in [0.05, 0.1) is 27.9 Å². The molecule has 160 valence electrons. The number of benzene rings is 2. The molecule has 0 aliphatic heterocycles. The molecule has 0 unspecified atom stereocenters. The molecule has 0 amide bonds. The van der Waals surface area contributed by atoms with E-state index in [0.29, 0.717) is 29.2 Å². The highest BCUT2D eigenvalue weighted by Crippen LogP contribution is 2.25. The minimum absolute atomic E-state index is 0.305. The van der Waals surface area contributed by atoms with E-state index in [9.17, 15) is 4.79 Å². The van der Waals surface area contributed by atoms with Crippen molar-refractivity contribution >= 4 is 5.97 Å². The molecule has 12 nitrogen and oxygen atoms in total. The van der Waals surface area contributed by atoms with Crippen molar-refractivity contribution in [3.63, 3.8) is 0 Å². The standard InChI is InChI=1S/C18H18N4O4.CH2N4/c1-24-14-7-4-12(5-8-14)11-22-20-17(19-21-22)13-6-9-16(25-2)15(10-13)18(23)26-3;1-2-4-5-3-1/h4-10H,11H2,1-3H3;1H,(H,2,3,4,5). The van der Waals surface area contributed by atoms with E-state index in [1.165, 1.54) is 25.3 Å². The smallest absolute Gasteiger partial charge is 0.341 e. The number of hydrogen-bond acceptors (Lipinski definition) is 10. The zero-order valence-electron chi connectivity index (χ0n) is 17.1. The van der Waals surface area contributed by atoms with Crippen LogP contribution >= 0.6 is 0 Å². The topological polar surface area (TPSA) is 143 Å². The third-order valence-corrected chi connectivity index (χ3v) is 4.07. The van der Waals surface area contributed by atoms with Gasteiger partial charge in [0.25, 0.3) is 0 Å². The summed E-state index contributed by atoms with van der Waals surface area (Å²) in [5.74, 6) is 1.13. The molecule has 31 heavy (non-hydrogen) atoms. The Morgan fingerprint density at radius 2 is 1.87 bits per heavy atom. The first-order valence-electron chi connectivity index (χ1n) is 8.98. The maximum absolute atomic E-state index is 11.9. The Kier molecular flexibility index (Phi) is 7.19. The fourth-order valence-electron chi connectivity index (χ4n) is 2.57. The quantitative estimate of drug-likeness (QED) is 0.451. The average molecular weight is 424 g/mol. The Morgan fingerprint density at radius 1 is 1.06 bits per heavy atom. The predicted octanol–water partition coefficient (Wildman–Crippen LogP) is 1.39. The predicted molar refractivity (Wildman–Crippen MR) is 107 cm³/mol. The second-order valence-electron chi connectivity index (χ2n) is 5.96. The highest BCUT2D eigenvalue weighted by molar-refractivity contribution is 5.93. The number of methoxy groups -OCH3 is 3. The van der Waals surface area contributed by atoms with Crippen molar-refractivity contribution in [2.24, 2.45) is 0 Å². The van der Waals surface area contributed by atoms with Gasteiger partial charge in [0.1, 0.15) is 17.1 Å². The van der Waals surface area contributed by atoms with E-state index >= 15 is 0 Å². The Labute approximate surface area is 177 Å². The molecule has 0 bridgehead atoms. The van der Waals surface area contributed by atoms with E-state index < -0.39 is 5.97 Å². The van der Waals surface area contributed by atoms with Crippen LogP contribution in [0.15, 0.2) is 48.8 Å². The van der Waals surface area contributed by atoms with Gasteiger partial charge in [0.2, 0.25) is 5.82 Å². The molecule has 0 aliphatic carbocycles. The van der Waals surface area contributed by atoms with Crippen molar-refractivity contribution in [3.8, 4) is 22.9 Å². The van der Waals surface area contributed by atoms with Crippen LogP contribution in [0.1, 0.15) is 15.9 Å². The summed E-state index contributed by atoms with van der Waals surface area (Å²) in [6, 6.07) is 12.7. The van der Waals surface area contributed by atoms with E-state index in [1.54, 1.807) is 25.3 Å². The lowest BCUT2D eigenvalue weighted by Crippen LogP contribution is -2.05. The Morgan fingerprint density at radius 3 is 2.45 bits per heavy atom. The number of ether oxygens (including phenoxy) is 3. The van der Waals surface area contributed by atoms with Gasteiger partial charge < -0.3 is 14.2 Å². The maximum atomic E-state index is 11.9. The summed E-state index contributed by atoms with van der Waals surface area (Å²) in [6.45, 7) is 0.469. The molecule has 1 N–H and O–H groups in total. The van der Waals surface area contributed by atoms with Crippen LogP contribution < -0.4 is 9.47 Å². The van der Waals surface area contributed by atoms with Gasteiger partial charge in [-0.2, -0.15) is 10.0 Å². The highest BCUT2D eigenvalue weighted by Gasteiger charge is 2.16. The third kappa shape index (κ3) is 5.59. The second-order valence-corrected chi connectivity index (χ2v) is 5.96. The van der Waals surface area contributed by atoms with Crippen molar-refractivity contribution in [1.29, 1.82) is 0 Å². The van der Waals surface area contributed by atoms with Crippen LogP contribution in [0.4, 0.5) is 0 Å². The first-order chi connectivity index (χ1) is 15.1. The fraction of sp³-hybridized carbons (Fsp3) is 0.211. The van der Waals surface area contributed by atoms with Crippen LogP contribution in [-0.4, -0.2) is 68.1 Å². The fourth-order valence-corrected chi connectivity index (χ4v) is 2.57. The minimum Gasteiger partial charge on any atom is -0.497 e. The van der Waals surface area contributed by atoms with Gasteiger partial charge in [-0.3, -0.25) is 0 Å². The van der Waals surface area contributed by atoms with Crippen LogP contribution in [0, 0.1) is 0 Å².